The Hall–Kier alpha value is -0.850. The van der Waals surface area contributed by atoms with Gasteiger partial charge in [-0.25, -0.2) is 8.42 Å². The molecule has 2 unspecified atom stereocenters. The molecule has 0 radical (unpaired) electrons. The van der Waals surface area contributed by atoms with Gasteiger partial charge in [-0.3, -0.25) is 0 Å². The molecule has 1 fully saturated rings. The van der Waals surface area contributed by atoms with Crippen LogP contribution in [0.4, 0.5) is 0 Å². The highest BCUT2D eigenvalue weighted by molar-refractivity contribution is 7.89. The summed E-state index contributed by atoms with van der Waals surface area (Å²) in [6, 6.07) is 3.66. The van der Waals surface area contributed by atoms with E-state index in [-0.39, 0.29) is 11.1 Å². The van der Waals surface area contributed by atoms with Crippen LogP contribution >= 0.6 is 0 Å². The number of nitrogens with one attached hydrogen (secondary N) is 1. The second-order valence-corrected chi connectivity index (χ2v) is 8.17. The molecule has 0 aromatic carbocycles. The molecule has 0 spiro atoms. The number of sulfonamides is 1. The molecular weight excluding hydrogens is 288 g/mol. The zero-order chi connectivity index (χ0) is 15.6. The molecule has 6 heteroatoms. The van der Waals surface area contributed by atoms with Crippen LogP contribution in [-0.2, 0) is 16.6 Å². The average Bonchev–Trinajstić information content (AvgIpc) is 2.85. The fourth-order valence-electron chi connectivity index (χ4n) is 2.75. The van der Waals surface area contributed by atoms with Gasteiger partial charge in [0.2, 0.25) is 5.09 Å². The van der Waals surface area contributed by atoms with Gasteiger partial charge in [0.15, 0.2) is 0 Å². The van der Waals surface area contributed by atoms with Crippen molar-refractivity contribution < 1.29 is 12.8 Å². The molecule has 0 bridgehead atoms. The van der Waals surface area contributed by atoms with Gasteiger partial charge in [0.25, 0.3) is 10.0 Å². The van der Waals surface area contributed by atoms with Crippen LogP contribution in [0.2, 0.25) is 0 Å². The lowest BCUT2D eigenvalue weighted by atomic mass is 9.95. The van der Waals surface area contributed by atoms with Gasteiger partial charge >= 0.3 is 0 Å². The molecule has 2 atom stereocenters. The van der Waals surface area contributed by atoms with Gasteiger partial charge in [-0.15, -0.1) is 0 Å². The van der Waals surface area contributed by atoms with Crippen molar-refractivity contribution in [2.45, 2.75) is 64.3 Å². The summed E-state index contributed by atoms with van der Waals surface area (Å²) in [5.41, 5.74) is 0. The predicted molar refractivity (Wildman–Crippen MR) is 82.4 cm³/mol. The minimum atomic E-state index is -3.51. The van der Waals surface area contributed by atoms with E-state index < -0.39 is 10.0 Å². The summed E-state index contributed by atoms with van der Waals surface area (Å²) in [5, 5.41) is 3.28. The zero-order valence-corrected chi connectivity index (χ0v) is 14.1. The fourth-order valence-corrected chi connectivity index (χ4v) is 4.34. The highest BCUT2D eigenvalue weighted by atomic mass is 32.2. The van der Waals surface area contributed by atoms with Crippen molar-refractivity contribution in [3.8, 4) is 0 Å². The molecule has 1 aliphatic heterocycles. The molecule has 5 nitrogen and oxygen atoms in total. The molecule has 120 valence electrons. The van der Waals surface area contributed by atoms with Crippen molar-refractivity contribution in [2.24, 2.45) is 5.92 Å². The molecule has 0 aliphatic carbocycles. The molecule has 2 heterocycles. The van der Waals surface area contributed by atoms with E-state index in [1.54, 1.807) is 16.4 Å². The second-order valence-electron chi connectivity index (χ2n) is 6.35. The average molecular weight is 314 g/mol. The summed E-state index contributed by atoms with van der Waals surface area (Å²) >= 11 is 0. The zero-order valence-electron chi connectivity index (χ0n) is 13.3. The molecule has 0 amide bonds. The maximum absolute atomic E-state index is 12.7. The quantitative estimate of drug-likeness (QED) is 0.907. The Morgan fingerprint density at radius 2 is 2.10 bits per heavy atom. The topological polar surface area (TPSA) is 62.6 Å². The van der Waals surface area contributed by atoms with Crippen LogP contribution in [0.15, 0.2) is 21.6 Å². The van der Waals surface area contributed by atoms with Crippen LogP contribution in [0, 0.1) is 5.92 Å². The predicted octanol–water partition coefficient (Wildman–Crippen LogP) is 2.59. The van der Waals surface area contributed by atoms with Gasteiger partial charge in [0.1, 0.15) is 5.76 Å². The fraction of sp³-hybridized carbons (Fsp3) is 0.733. The standard InChI is InChI=1S/C15H26N2O3S/c1-11(2)16-10-14-5-6-15(20-14)21(18,19)17-8-7-12(3)9-13(17)4/h5-6,11-13,16H,7-10H2,1-4H3. The minimum absolute atomic E-state index is 0.0288. The van der Waals surface area contributed by atoms with Crippen LogP contribution in [0.5, 0.6) is 0 Å². The van der Waals surface area contributed by atoms with Crippen LogP contribution in [0.25, 0.3) is 0 Å². The van der Waals surface area contributed by atoms with Crippen molar-refractivity contribution in [3.63, 3.8) is 0 Å². The molecule has 1 N–H and O–H groups in total. The van der Waals surface area contributed by atoms with E-state index in [0.717, 1.165) is 12.8 Å². The van der Waals surface area contributed by atoms with Gasteiger partial charge in [-0.1, -0.05) is 20.8 Å². The highest BCUT2D eigenvalue weighted by Crippen LogP contribution is 2.28. The first-order chi connectivity index (χ1) is 9.80. The summed E-state index contributed by atoms with van der Waals surface area (Å²) in [6.07, 6.45) is 1.81. The molecule has 1 saturated heterocycles. The monoisotopic (exact) mass is 314 g/mol. The van der Waals surface area contributed by atoms with E-state index in [1.165, 1.54) is 0 Å². The second kappa shape index (κ2) is 6.50. The van der Waals surface area contributed by atoms with E-state index in [9.17, 15) is 8.42 Å². The summed E-state index contributed by atoms with van der Waals surface area (Å²) in [7, 11) is -3.51. The van der Waals surface area contributed by atoms with E-state index in [0.29, 0.717) is 30.8 Å². The van der Waals surface area contributed by atoms with Crippen molar-refractivity contribution in [1.29, 1.82) is 0 Å². The van der Waals surface area contributed by atoms with Gasteiger partial charge < -0.3 is 9.73 Å². The highest BCUT2D eigenvalue weighted by Gasteiger charge is 2.35. The smallest absolute Gasteiger partial charge is 0.276 e. The Morgan fingerprint density at radius 1 is 1.38 bits per heavy atom. The van der Waals surface area contributed by atoms with E-state index in [4.69, 9.17) is 4.42 Å². The summed E-state index contributed by atoms with van der Waals surface area (Å²) < 4.78 is 32.4. The number of hydrogen-bond acceptors (Lipinski definition) is 4. The van der Waals surface area contributed by atoms with Crippen molar-refractivity contribution in [2.75, 3.05) is 6.54 Å². The van der Waals surface area contributed by atoms with Crippen molar-refractivity contribution in [1.82, 2.24) is 9.62 Å². The van der Waals surface area contributed by atoms with Crippen LogP contribution in [0.1, 0.15) is 46.3 Å². The number of rotatable bonds is 5. The van der Waals surface area contributed by atoms with Gasteiger partial charge in [-0.2, -0.15) is 4.31 Å². The lowest BCUT2D eigenvalue weighted by molar-refractivity contribution is 0.215. The number of hydrogen-bond donors (Lipinski definition) is 1. The van der Waals surface area contributed by atoms with E-state index in [1.807, 2.05) is 20.8 Å². The Kier molecular flexibility index (Phi) is 5.11. The third kappa shape index (κ3) is 3.87. The van der Waals surface area contributed by atoms with Crippen LogP contribution in [0.3, 0.4) is 0 Å². The number of nitrogens with zero attached hydrogens (tertiary/aromatic N) is 1. The summed E-state index contributed by atoms with van der Waals surface area (Å²) in [4.78, 5) is 0. The van der Waals surface area contributed by atoms with E-state index >= 15 is 0 Å². The first-order valence-electron chi connectivity index (χ1n) is 7.64. The first-order valence-corrected chi connectivity index (χ1v) is 9.08. The van der Waals surface area contributed by atoms with Gasteiger partial charge in [0.05, 0.1) is 6.54 Å². The summed E-state index contributed by atoms with van der Waals surface area (Å²) in [5.74, 6) is 1.23. The lowest BCUT2D eigenvalue weighted by Crippen LogP contribution is -2.43. The molecule has 21 heavy (non-hydrogen) atoms. The van der Waals surface area contributed by atoms with E-state index in [2.05, 4.69) is 12.2 Å². The lowest BCUT2D eigenvalue weighted by Gasteiger charge is -2.34. The Morgan fingerprint density at radius 3 is 2.71 bits per heavy atom. The normalized spacial score (nSPS) is 24.6. The van der Waals surface area contributed by atoms with Crippen LogP contribution < -0.4 is 5.32 Å². The molecule has 0 saturated carbocycles. The Balaban J connectivity index is 2.12. The molecule has 1 aliphatic rings. The molecule has 1 aromatic rings. The third-order valence-corrected chi connectivity index (χ3v) is 5.85. The summed E-state index contributed by atoms with van der Waals surface area (Å²) in [6.45, 7) is 9.33. The Labute approximate surface area is 127 Å². The van der Waals surface area contributed by atoms with Crippen molar-refractivity contribution >= 4 is 10.0 Å². The molecular formula is C15H26N2O3S. The number of piperidine rings is 1. The molecule has 1 aromatic heterocycles. The van der Waals surface area contributed by atoms with Crippen molar-refractivity contribution in [3.05, 3.63) is 17.9 Å². The largest absolute Gasteiger partial charge is 0.447 e. The minimum Gasteiger partial charge on any atom is -0.447 e. The first kappa shape index (κ1) is 16.5. The SMILES string of the molecule is CC1CCN(S(=O)(=O)c2ccc(CNC(C)C)o2)C(C)C1. The maximum Gasteiger partial charge on any atom is 0.276 e. The van der Waals surface area contributed by atoms with Crippen LogP contribution in [-0.4, -0.2) is 31.4 Å². The maximum atomic E-state index is 12.7. The number of furan rings is 1. The van der Waals surface area contributed by atoms with Gasteiger partial charge in [-0.05, 0) is 37.8 Å². The Bertz CT molecular complexity index is 565. The van der Waals surface area contributed by atoms with Gasteiger partial charge in [0, 0.05) is 18.6 Å². The third-order valence-electron chi connectivity index (χ3n) is 3.96. The molecule has 2 rings (SSSR count).